The van der Waals surface area contributed by atoms with E-state index in [2.05, 4.69) is 53.2 Å². The van der Waals surface area contributed by atoms with Crippen molar-refractivity contribution >= 4 is 29.9 Å². The molecule has 0 spiro atoms. The number of likely N-dealkylation sites (N-methyl/N-ethyl adjacent to an activating group) is 1. The molecule has 2 N–H and O–H groups in total. The zero-order chi connectivity index (χ0) is 24.9. The Hall–Kier alpha value is -2.91. The molecule has 9 heteroatoms. The number of hydrogen-bond donors (Lipinski definition) is 2. The van der Waals surface area contributed by atoms with Gasteiger partial charge in [-0.3, -0.25) is 14.2 Å². The maximum Gasteiger partial charge on any atom is 0.328 e. The third-order valence-electron chi connectivity index (χ3n) is 6.47. The van der Waals surface area contributed by atoms with Gasteiger partial charge in [0.15, 0.2) is 0 Å². The van der Waals surface area contributed by atoms with Crippen LogP contribution in [0.5, 0.6) is 0 Å². The quantitative estimate of drug-likeness (QED) is 0.656. The van der Waals surface area contributed by atoms with Gasteiger partial charge < -0.3 is 24.9 Å². The van der Waals surface area contributed by atoms with E-state index in [0.717, 1.165) is 44.4 Å². The average Bonchev–Trinajstić information content (AvgIpc) is 3.23. The number of piperidine rings is 2. The number of hydrogen-bond acceptors (Lipinski definition) is 5. The maximum atomic E-state index is 13.3. The molecule has 0 atom stereocenters. The van der Waals surface area contributed by atoms with Crippen LogP contribution >= 0.6 is 0 Å². The number of para-hydroxylation sites is 1. The summed E-state index contributed by atoms with van der Waals surface area (Å²) in [7, 11) is 4.19. The summed E-state index contributed by atoms with van der Waals surface area (Å²) in [5, 5.41) is 15.0. The minimum Gasteiger partial charge on any atom is -0.483 e. The lowest BCUT2D eigenvalue weighted by Gasteiger charge is -2.40. The molecule has 4 rings (SSSR count). The molecule has 2 aliphatic rings. The maximum absolute atomic E-state index is 13.3. The van der Waals surface area contributed by atoms with Crippen LogP contribution in [-0.2, 0) is 16.0 Å². The molecule has 1 aromatic heterocycles. The first kappa shape index (κ1) is 27.3. The van der Waals surface area contributed by atoms with Gasteiger partial charge in [0.2, 0.25) is 0 Å². The van der Waals surface area contributed by atoms with E-state index in [1.54, 1.807) is 0 Å². The number of fused-ring (bicyclic) bond motifs is 1. The van der Waals surface area contributed by atoms with Gasteiger partial charge in [-0.1, -0.05) is 24.6 Å². The summed E-state index contributed by atoms with van der Waals surface area (Å²) in [5.41, 5.74) is 2.31. The molecule has 0 radical (unpaired) electrons. The van der Waals surface area contributed by atoms with E-state index in [9.17, 15) is 4.79 Å². The lowest BCUT2D eigenvalue weighted by atomic mass is 10.0. The van der Waals surface area contributed by atoms with E-state index in [1.807, 2.05) is 10.6 Å². The van der Waals surface area contributed by atoms with Crippen LogP contribution < -0.4 is 0 Å². The van der Waals surface area contributed by atoms with Crippen molar-refractivity contribution in [2.24, 2.45) is 0 Å². The van der Waals surface area contributed by atoms with Gasteiger partial charge in [-0.15, -0.1) is 0 Å². The van der Waals surface area contributed by atoms with Crippen molar-refractivity contribution in [2.45, 2.75) is 44.6 Å². The summed E-state index contributed by atoms with van der Waals surface area (Å²) in [4.78, 5) is 36.9. The van der Waals surface area contributed by atoms with Gasteiger partial charge in [-0.2, -0.15) is 0 Å². The highest BCUT2D eigenvalue weighted by atomic mass is 16.3. The minimum absolute atomic E-state index is 0.143. The summed E-state index contributed by atoms with van der Waals surface area (Å²) < 4.78 is 1.89. The second kappa shape index (κ2) is 14.4. The molecule has 0 bridgehead atoms. The van der Waals surface area contributed by atoms with Crippen molar-refractivity contribution in [3.8, 4) is 0 Å². The molecule has 2 fully saturated rings. The first-order chi connectivity index (χ1) is 16.5. The van der Waals surface area contributed by atoms with Gasteiger partial charge in [-0.25, -0.2) is 4.79 Å². The monoisotopic (exact) mass is 474 g/mol. The highest BCUT2D eigenvalue weighted by Gasteiger charge is 2.28. The Morgan fingerprint density at radius 2 is 1.59 bits per heavy atom. The molecule has 3 heterocycles. The van der Waals surface area contributed by atoms with Crippen LogP contribution in [-0.4, -0.2) is 101 Å². The normalized spacial score (nSPS) is 16.9. The van der Waals surface area contributed by atoms with Gasteiger partial charge in [0, 0.05) is 37.3 Å². The molecule has 9 nitrogen and oxygen atoms in total. The molecule has 0 aliphatic carbocycles. The van der Waals surface area contributed by atoms with E-state index in [4.69, 9.17) is 19.8 Å². The fourth-order valence-electron chi connectivity index (χ4n) is 4.81. The number of likely N-dealkylation sites (tertiary alicyclic amines) is 2. The lowest BCUT2D eigenvalue weighted by Crippen LogP contribution is -2.48. The molecule has 0 unspecified atom stereocenters. The number of carboxylic acid groups (broad SMARTS) is 2. The zero-order valence-corrected chi connectivity index (χ0v) is 20.3. The molecule has 1 aromatic carbocycles. The van der Waals surface area contributed by atoms with E-state index < -0.39 is 0 Å². The third-order valence-corrected chi connectivity index (χ3v) is 6.47. The van der Waals surface area contributed by atoms with Crippen molar-refractivity contribution < 1.29 is 24.6 Å². The highest BCUT2D eigenvalue weighted by Crippen LogP contribution is 2.25. The Balaban J connectivity index is 0.000000618. The number of carbonyl (C=O) groups excluding carboxylic acids is 1. The lowest BCUT2D eigenvalue weighted by molar-refractivity contribution is -0.123. The van der Waals surface area contributed by atoms with E-state index in [0.29, 0.717) is 6.04 Å². The predicted octanol–water partition coefficient (Wildman–Crippen LogP) is 3.07. The second-order valence-corrected chi connectivity index (χ2v) is 8.90. The molecule has 34 heavy (non-hydrogen) atoms. The number of amides is 1. The van der Waals surface area contributed by atoms with Crippen molar-refractivity contribution in [1.82, 2.24) is 19.3 Å². The Morgan fingerprint density at radius 1 is 1.00 bits per heavy atom. The standard InChI is InChI=1S/C23H34N4O.2CH2O2/c1-24(2)15-10-19-18-27(22-9-5-4-8-21(19)22)23(28)26-16-11-20(12-17-26)25-13-6-3-7-14-25;2*2-1-3/h4-5,8-9,18,20H,3,6-7,10-17H2,1-2H3;2*1H,(H,2,3). The van der Waals surface area contributed by atoms with Crippen LogP contribution in [0.2, 0.25) is 0 Å². The molecule has 2 aliphatic heterocycles. The van der Waals surface area contributed by atoms with Crippen molar-refractivity contribution in [2.75, 3.05) is 46.8 Å². The van der Waals surface area contributed by atoms with Crippen LogP contribution in [0.4, 0.5) is 4.79 Å². The summed E-state index contributed by atoms with van der Waals surface area (Å²) in [6, 6.07) is 9.13. The van der Waals surface area contributed by atoms with Crippen LogP contribution in [0.3, 0.4) is 0 Å². The largest absolute Gasteiger partial charge is 0.483 e. The van der Waals surface area contributed by atoms with Gasteiger partial charge in [0.05, 0.1) is 5.52 Å². The molecule has 2 saturated heterocycles. The molecule has 2 aromatic rings. The van der Waals surface area contributed by atoms with Gasteiger partial charge in [0.1, 0.15) is 0 Å². The van der Waals surface area contributed by atoms with Crippen molar-refractivity contribution in [3.05, 3.63) is 36.0 Å². The zero-order valence-electron chi connectivity index (χ0n) is 20.3. The van der Waals surface area contributed by atoms with Crippen LogP contribution in [0.15, 0.2) is 30.5 Å². The first-order valence-electron chi connectivity index (χ1n) is 11.9. The topological polar surface area (TPSA) is 106 Å². The van der Waals surface area contributed by atoms with Gasteiger partial charge in [-0.05, 0) is 70.9 Å². The van der Waals surface area contributed by atoms with Gasteiger partial charge in [0.25, 0.3) is 12.9 Å². The van der Waals surface area contributed by atoms with Crippen LogP contribution in [0, 0.1) is 0 Å². The second-order valence-electron chi connectivity index (χ2n) is 8.90. The summed E-state index contributed by atoms with van der Waals surface area (Å²) >= 11 is 0. The fourth-order valence-corrected chi connectivity index (χ4v) is 4.81. The Labute approximate surface area is 201 Å². The van der Waals surface area contributed by atoms with Gasteiger partial charge >= 0.3 is 6.03 Å². The third kappa shape index (κ3) is 7.56. The molecule has 0 saturated carbocycles. The highest BCUT2D eigenvalue weighted by molar-refractivity contribution is 5.93. The number of aromatic nitrogens is 1. The molecular weight excluding hydrogens is 436 g/mol. The minimum atomic E-state index is -0.250. The van der Waals surface area contributed by atoms with Crippen molar-refractivity contribution in [3.63, 3.8) is 0 Å². The van der Waals surface area contributed by atoms with E-state index in [1.165, 1.54) is 43.3 Å². The predicted molar refractivity (Wildman–Crippen MR) is 132 cm³/mol. The number of benzene rings is 1. The van der Waals surface area contributed by atoms with E-state index >= 15 is 0 Å². The van der Waals surface area contributed by atoms with Crippen LogP contribution in [0.25, 0.3) is 10.9 Å². The van der Waals surface area contributed by atoms with E-state index in [-0.39, 0.29) is 19.0 Å². The molecule has 188 valence electrons. The van der Waals surface area contributed by atoms with Crippen molar-refractivity contribution in [1.29, 1.82) is 0 Å². The number of rotatable bonds is 4. The Bertz CT molecular complexity index is 894. The van der Waals surface area contributed by atoms with Crippen LogP contribution in [0.1, 0.15) is 37.7 Å². The Morgan fingerprint density at radius 3 is 2.18 bits per heavy atom. The summed E-state index contributed by atoms with van der Waals surface area (Å²) in [6.07, 6.45) is 9.31. The SMILES string of the molecule is CN(C)CCc1cn(C(=O)N2CCC(N3CCCCC3)CC2)c2ccccc12.O=CO.O=CO. The molecular formula is C25H38N4O5. The average molecular weight is 475 g/mol. The summed E-state index contributed by atoms with van der Waals surface area (Å²) in [5.74, 6) is 0. The Kier molecular flexibility index (Phi) is 11.6. The first-order valence-corrected chi connectivity index (χ1v) is 11.9. The summed E-state index contributed by atoms with van der Waals surface area (Å²) in [6.45, 7) is 4.73. The number of nitrogens with zero attached hydrogens (tertiary/aromatic N) is 4. The molecule has 1 amide bonds. The number of carbonyl (C=O) groups is 3. The fraction of sp³-hybridized carbons (Fsp3) is 0.560. The smallest absolute Gasteiger partial charge is 0.328 e.